The quantitative estimate of drug-likeness (QED) is 0.304. The lowest BCUT2D eigenvalue weighted by atomic mass is 9.97. The number of nitriles is 1. The van der Waals surface area contributed by atoms with Crippen LogP contribution in [0, 0.1) is 17.1 Å². The average molecular weight is 516 g/mol. The lowest BCUT2D eigenvalue weighted by Crippen LogP contribution is -2.13. The van der Waals surface area contributed by atoms with Crippen molar-refractivity contribution in [3.63, 3.8) is 0 Å². The maximum Gasteiger partial charge on any atom is 0.417 e. The fourth-order valence-electron chi connectivity index (χ4n) is 3.65. The van der Waals surface area contributed by atoms with Crippen LogP contribution in [0.1, 0.15) is 21.6 Å². The Balaban J connectivity index is 1.68. The van der Waals surface area contributed by atoms with Crippen molar-refractivity contribution < 1.29 is 30.8 Å². The molecule has 1 amide bonds. The van der Waals surface area contributed by atoms with Crippen molar-refractivity contribution in [2.45, 2.75) is 6.18 Å². The van der Waals surface area contributed by atoms with E-state index in [1.807, 2.05) is 6.07 Å². The monoisotopic (exact) mass is 516 g/mol. The molecule has 0 fully saturated rings. The van der Waals surface area contributed by atoms with Gasteiger partial charge in [-0.2, -0.15) is 18.4 Å². The number of hydrogen-bond donors (Lipinski definition) is 3. The summed E-state index contributed by atoms with van der Waals surface area (Å²) in [5.41, 5.74) is -0.755. The predicted octanol–water partition coefficient (Wildman–Crippen LogP) is 5.49. The number of sulfonamides is 1. The van der Waals surface area contributed by atoms with Crippen LogP contribution in [-0.2, 0) is 16.2 Å². The SMILES string of the molecule is CS(=O)(=O)Nc1ccc2cc(C(=O)Nc3cc(C#N)cc(-c4ccc(F)cc4C(F)(F)F)c3)[nH]c2c1. The Hall–Kier alpha value is -4.37. The highest BCUT2D eigenvalue weighted by Crippen LogP contribution is 2.38. The van der Waals surface area contributed by atoms with E-state index in [-0.39, 0.29) is 33.8 Å². The van der Waals surface area contributed by atoms with E-state index in [2.05, 4.69) is 15.0 Å². The molecule has 0 unspecified atom stereocenters. The van der Waals surface area contributed by atoms with Crippen molar-refractivity contribution in [3.8, 4) is 17.2 Å². The van der Waals surface area contributed by atoms with Crippen LogP contribution in [0.15, 0.2) is 60.7 Å². The summed E-state index contributed by atoms with van der Waals surface area (Å²) in [4.78, 5) is 15.7. The first kappa shape index (κ1) is 24.7. The number of carbonyl (C=O) groups excluding carboxylic acids is 1. The predicted molar refractivity (Wildman–Crippen MR) is 126 cm³/mol. The summed E-state index contributed by atoms with van der Waals surface area (Å²) in [6.45, 7) is 0. The van der Waals surface area contributed by atoms with Gasteiger partial charge in [-0.3, -0.25) is 9.52 Å². The number of amides is 1. The summed E-state index contributed by atoms with van der Waals surface area (Å²) in [5, 5.41) is 12.5. The van der Waals surface area contributed by atoms with Crippen molar-refractivity contribution >= 4 is 38.2 Å². The summed E-state index contributed by atoms with van der Waals surface area (Å²) in [5.74, 6) is -1.72. The summed E-state index contributed by atoms with van der Waals surface area (Å²) in [6, 6.07) is 13.9. The van der Waals surface area contributed by atoms with Gasteiger partial charge in [0.1, 0.15) is 11.5 Å². The van der Waals surface area contributed by atoms with Crippen molar-refractivity contribution in [2.24, 2.45) is 0 Å². The van der Waals surface area contributed by atoms with Gasteiger partial charge in [-0.1, -0.05) is 12.1 Å². The summed E-state index contributed by atoms with van der Waals surface area (Å²) in [6.07, 6.45) is -3.85. The molecule has 12 heteroatoms. The first-order valence-electron chi connectivity index (χ1n) is 10.2. The van der Waals surface area contributed by atoms with Crippen molar-refractivity contribution in [3.05, 3.63) is 83.3 Å². The van der Waals surface area contributed by atoms with Gasteiger partial charge in [-0.25, -0.2) is 12.8 Å². The lowest BCUT2D eigenvalue weighted by molar-refractivity contribution is -0.137. The van der Waals surface area contributed by atoms with Gasteiger partial charge in [0.05, 0.1) is 29.1 Å². The van der Waals surface area contributed by atoms with Crippen LogP contribution >= 0.6 is 0 Å². The largest absolute Gasteiger partial charge is 0.417 e. The molecular formula is C24H16F4N4O3S. The number of H-pyrrole nitrogens is 1. The van der Waals surface area contributed by atoms with Crippen LogP contribution in [0.2, 0.25) is 0 Å². The number of nitrogens with one attached hydrogen (secondary N) is 3. The molecule has 0 saturated heterocycles. The van der Waals surface area contributed by atoms with Crippen LogP contribution in [0.5, 0.6) is 0 Å². The number of benzene rings is 3. The highest BCUT2D eigenvalue weighted by molar-refractivity contribution is 7.92. The molecule has 1 aromatic heterocycles. The van der Waals surface area contributed by atoms with Crippen LogP contribution in [-0.4, -0.2) is 25.6 Å². The van der Waals surface area contributed by atoms with Crippen LogP contribution in [0.4, 0.5) is 28.9 Å². The lowest BCUT2D eigenvalue weighted by Gasteiger charge is -2.14. The molecule has 0 bridgehead atoms. The Morgan fingerprint density at radius 3 is 2.42 bits per heavy atom. The molecule has 1 heterocycles. The highest BCUT2D eigenvalue weighted by atomic mass is 32.2. The van der Waals surface area contributed by atoms with Crippen LogP contribution in [0.3, 0.4) is 0 Å². The van der Waals surface area contributed by atoms with Gasteiger partial charge in [0.25, 0.3) is 5.91 Å². The summed E-state index contributed by atoms with van der Waals surface area (Å²) in [7, 11) is -3.51. The number of aromatic amines is 1. The van der Waals surface area contributed by atoms with Gasteiger partial charge >= 0.3 is 6.18 Å². The molecule has 0 aliphatic rings. The zero-order chi connectivity index (χ0) is 26.3. The van der Waals surface area contributed by atoms with Gasteiger partial charge in [-0.15, -0.1) is 0 Å². The molecule has 0 aliphatic heterocycles. The molecule has 0 radical (unpaired) electrons. The summed E-state index contributed by atoms with van der Waals surface area (Å²) < 4.78 is 79.2. The number of hydrogen-bond acceptors (Lipinski definition) is 4. The third-order valence-electron chi connectivity index (χ3n) is 5.09. The minimum absolute atomic E-state index is 0.0200. The molecule has 0 atom stereocenters. The third kappa shape index (κ3) is 5.47. The number of carbonyl (C=O) groups is 1. The van der Waals surface area contributed by atoms with Gasteiger partial charge in [-0.05, 0) is 59.7 Å². The fourth-order valence-corrected chi connectivity index (χ4v) is 4.20. The molecular weight excluding hydrogens is 500 g/mol. The molecule has 0 saturated carbocycles. The van der Waals surface area contributed by atoms with Crippen LogP contribution in [0.25, 0.3) is 22.0 Å². The number of aromatic nitrogens is 1. The number of alkyl halides is 3. The van der Waals surface area contributed by atoms with Crippen molar-refractivity contribution in [2.75, 3.05) is 16.3 Å². The van der Waals surface area contributed by atoms with Gasteiger partial charge in [0.15, 0.2) is 0 Å². The van der Waals surface area contributed by atoms with Crippen LogP contribution < -0.4 is 10.0 Å². The third-order valence-corrected chi connectivity index (χ3v) is 5.69. The number of halogens is 4. The van der Waals surface area contributed by atoms with E-state index in [1.165, 1.54) is 36.4 Å². The zero-order valence-electron chi connectivity index (χ0n) is 18.4. The number of rotatable bonds is 5. The Kier molecular flexibility index (Phi) is 6.19. The smallest absolute Gasteiger partial charge is 0.350 e. The highest BCUT2D eigenvalue weighted by Gasteiger charge is 2.34. The van der Waals surface area contributed by atoms with E-state index in [1.54, 1.807) is 6.07 Å². The van der Waals surface area contributed by atoms with Crippen molar-refractivity contribution in [1.82, 2.24) is 4.98 Å². The molecule has 3 N–H and O–H groups in total. The standard InChI is InChI=1S/C24H16F4N4O3S/c1-36(34,35)32-17-4-2-14-9-22(31-21(14)11-17)23(33)30-18-7-13(12-29)6-15(8-18)19-5-3-16(25)10-20(19)24(26,27)28/h2-11,31-32H,1H3,(H,30,33). The molecule has 36 heavy (non-hydrogen) atoms. The Bertz CT molecular complexity index is 1650. The Morgan fingerprint density at radius 1 is 1.00 bits per heavy atom. The first-order chi connectivity index (χ1) is 16.8. The second-order valence-electron chi connectivity index (χ2n) is 7.91. The van der Waals surface area contributed by atoms with Gasteiger partial charge in [0, 0.05) is 16.6 Å². The molecule has 4 rings (SSSR count). The minimum Gasteiger partial charge on any atom is -0.350 e. The first-order valence-corrected chi connectivity index (χ1v) is 12.1. The number of fused-ring (bicyclic) bond motifs is 1. The van der Waals surface area contributed by atoms with Crippen molar-refractivity contribution in [1.29, 1.82) is 5.26 Å². The maximum absolute atomic E-state index is 13.5. The second kappa shape index (κ2) is 9.01. The fraction of sp³-hybridized carbons (Fsp3) is 0.0833. The molecule has 3 aromatic carbocycles. The Labute approximate surface area is 202 Å². The molecule has 0 spiro atoms. The summed E-state index contributed by atoms with van der Waals surface area (Å²) >= 11 is 0. The second-order valence-corrected chi connectivity index (χ2v) is 9.66. The average Bonchev–Trinajstić information content (AvgIpc) is 3.20. The van der Waals surface area contributed by atoms with E-state index in [9.17, 15) is 36.0 Å². The number of nitrogens with zero attached hydrogens (tertiary/aromatic N) is 1. The normalized spacial score (nSPS) is 11.8. The van der Waals surface area contributed by atoms with E-state index >= 15 is 0 Å². The number of anilines is 2. The zero-order valence-corrected chi connectivity index (χ0v) is 19.2. The Morgan fingerprint density at radius 2 is 1.75 bits per heavy atom. The van der Waals surface area contributed by atoms with Gasteiger partial charge in [0.2, 0.25) is 10.0 Å². The molecule has 0 aliphatic carbocycles. The van der Waals surface area contributed by atoms with E-state index in [0.29, 0.717) is 17.0 Å². The van der Waals surface area contributed by atoms with E-state index < -0.39 is 33.5 Å². The maximum atomic E-state index is 13.5. The topological polar surface area (TPSA) is 115 Å². The molecule has 7 nitrogen and oxygen atoms in total. The van der Waals surface area contributed by atoms with E-state index in [0.717, 1.165) is 18.4 Å². The molecule has 184 valence electrons. The molecule has 4 aromatic rings. The minimum atomic E-state index is -4.85. The van der Waals surface area contributed by atoms with E-state index in [4.69, 9.17) is 0 Å². The van der Waals surface area contributed by atoms with Gasteiger partial charge < -0.3 is 10.3 Å².